The molecule has 0 saturated carbocycles. The van der Waals surface area contributed by atoms with E-state index in [1.165, 1.54) is 17.5 Å². The van der Waals surface area contributed by atoms with E-state index in [-0.39, 0.29) is 0 Å². The topological polar surface area (TPSA) is 9.23 Å². The minimum Gasteiger partial charge on any atom is -0.496 e. The molecule has 0 amide bonds. The Labute approximate surface area is 129 Å². The van der Waals surface area contributed by atoms with Crippen LogP contribution in [0.1, 0.15) is 38.3 Å². The van der Waals surface area contributed by atoms with Crippen molar-refractivity contribution in [2.24, 2.45) is 0 Å². The third-order valence-electron chi connectivity index (χ3n) is 3.05. The third kappa shape index (κ3) is 4.78. The Morgan fingerprint density at radius 3 is 2.00 bits per heavy atom. The van der Waals surface area contributed by atoms with Crippen molar-refractivity contribution in [1.29, 1.82) is 0 Å². The van der Waals surface area contributed by atoms with E-state index in [4.69, 9.17) is 4.74 Å². The van der Waals surface area contributed by atoms with E-state index in [0.717, 1.165) is 22.4 Å². The van der Waals surface area contributed by atoms with Crippen LogP contribution in [0.2, 0.25) is 0 Å². The van der Waals surface area contributed by atoms with Crippen molar-refractivity contribution in [1.82, 2.24) is 0 Å². The zero-order chi connectivity index (χ0) is 15.8. The van der Waals surface area contributed by atoms with Crippen molar-refractivity contribution in [2.75, 3.05) is 7.11 Å². The first kappa shape index (κ1) is 17.0. The van der Waals surface area contributed by atoms with Crippen LogP contribution in [-0.4, -0.2) is 7.11 Å². The van der Waals surface area contributed by atoms with Gasteiger partial charge in [-0.25, -0.2) is 0 Å². The Bertz CT molecular complexity index is 579. The molecule has 2 rings (SSSR count). The molecule has 0 spiro atoms. The molecule has 0 fully saturated rings. The van der Waals surface area contributed by atoms with Gasteiger partial charge in [0.2, 0.25) is 0 Å². The first-order chi connectivity index (χ1) is 10.0. The number of methoxy groups -OCH3 is 1. The van der Waals surface area contributed by atoms with Crippen LogP contribution in [0.4, 0.5) is 0 Å². The minimum atomic E-state index is 0.876. The Kier molecular flexibility index (Phi) is 6.74. The van der Waals surface area contributed by atoms with Gasteiger partial charge >= 0.3 is 0 Å². The first-order valence-corrected chi connectivity index (χ1v) is 7.44. The van der Waals surface area contributed by atoms with Gasteiger partial charge in [-0.3, -0.25) is 0 Å². The fraction of sp³-hybridized carbons (Fsp3) is 0.300. The Morgan fingerprint density at radius 2 is 1.52 bits per heavy atom. The zero-order valence-corrected chi connectivity index (χ0v) is 13.9. The van der Waals surface area contributed by atoms with Crippen LogP contribution in [-0.2, 0) is 0 Å². The molecule has 0 unspecified atom stereocenters. The molecule has 0 aliphatic heterocycles. The van der Waals surface area contributed by atoms with Crippen LogP contribution < -0.4 is 4.74 Å². The van der Waals surface area contributed by atoms with Gasteiger partial charge in [-0.2, -0.15) is 0 Å². The van der Waals surface area contributed by atoms with Gasteiger partial charge in [0.05, 0.1) is 7.11 Å². The second kappa shape index (κ2) is 8.31. The molecule has 2 aromatic rings. The van der Waals surface area contributed by atoms with E-state index in [2.05, 4.69) is 69.8 Å². The van der Waals surface area contributed by atoms with Gasteiger partial charge in [-0.15, -0.1) is 0 Å². The molecule has 1 heteroatoms. The van der Waals surface area contributed by atoms with Crippen LogP contribution in [0.15, 0.2) is 49.0 Å². The molecule has 0 aliphatic carbocycles. The number of allylic oxidation sites excluding steroid dienone is 1. The predicted molar refractivity (Wildman–Crippen MR) is 93.8 cm³/mol. The van der Waals surface area contributed by atoms with Gasteiger partial charge in [0.1, 0.15) is 5.75 Å². The summed E-state index contributed by atoms with van der Waals surface area (Å²) in [5.74, 6) is 0.876. The highest BCUT2D eigenvalue weighted by Gasteiger charge is 2.06. The van der Waals surface area contributed by atoms with E-state index in [0.29, 0.717) is 0 Å². The second-order valence-electron chi connectivity index (χ2n) is 5.27. The van der Waals surface area contributed by atoms with Crippen LogP contribution in [0.3, 0.4) is 0 Å². The van der Waals surface area contributed by atoms with Crippen molar-refractivity contribution in [3.05, 3.63) is 60.2 Å². The van der Waals surface area contributed by atoms with Gasteiger partial charge in [0.25, 0.3) is 0 Å². The first-order valence-electron chi connectivity index (χ1n) is 7.44. The highest BCUT2D eigenvalue weighted by atomic mass is 16.5. The standard InChI is InChI=1S/C17H18O.C3H8/c1-12(2)16-10-9-15(11-17(16)18-4)14-7-5-13(3)6-8-14;1-3-2/h5-11H,1H2,2-4H3;3H2,1-2H3. The number of benzene rings is 2. The summed E-state index contributed by atoms with van der Waals surface area (Å²) in [4.78, 5) is 0. The maximum Gasteiger partial charge on any atom is 0.126 e. The summed E-state index contributed by atoms with van der Waals surface area (Å²) in [5.41, 5.74) is 5.71. The normalized spacial score (nSPS) is 9.57. The van der Waals surface area contributed by atoms with Gasteiger partial charge in [0.15, 0.2) is 0 Å². The summed E-state index contributed by atoms with van der Waals surface area (Å²) in [6.07, 6.45) is 1.25. The van der Waals surface area contributed by atoms with E-state index >= 15 is 0 Å². The molecular formula is C20H26O. The Morgan fingerprint density at radius 1 is 1.00 bits per heavy atom. The van der Waals surface area contributed by atoms with Gasteiger partial charge in [0, 0.05) is 5.56 Å². The molecule has 112 valence electrons. The van der Waals surface area contributed by atoms with Gasteiger partial charge in [-0.05, 0) is 36.6 Å². The summed E-state index contributed by atoms with van der Waals surface area (Å²) in [7, 11) is 1.70. The molecule has 0 atom stereocenters. The number of ether oxygens (including phenoxy) is 1. The van der Waals surface area contributed by atoms with Crippen molar-refractivity contribution in [3.8, 4) is 16.9 Å². The molecule has 0 aliphatic rings. The fourth-order valence-corrected chi connectivity index (χ4v) is 1.97. The Balaban J connectivity index is 0.000000677. The minimum absolute atomic E-state index is 0.876. The Hall–Kier alpha value is -2.02. The van der Waals surface area contributed by atoms with Crippen molar-refractivity contribution in [2.45, 2.75) is 34.1 Å². The number of rotatable bonds is 3. The molecule has 0 heterocycles. The second-order valence-corrected chi connectivity index (χ2v) is 5.27. The maximum absolute atomic E-state index is 5.43. The summed E-state index contributed by atoms with van der Waals surface area (Å²) in [5, 5.41) is 0. The highest BCUT2D eigenvalue weighted by Crippen LogP contribution is 2.30. The van der Waals surface area contributed by atoms with Gasteiger partial charge < -0.3 is 4.74 Å². The molecule has 0 saturated heterocycles. The highest BCUT2D eigenvalue weighted by molar-refractivity contribution is 5.73. The quantitative estimate of drug-likeness (QED) is 0.659. The summed E-state index contributed by atoms with van der Waals surface area (Å²) in [6, 6.07) is 14.7. The van der Waals surface area contributed by atoms with E-state index < -0.39 is 0 Å². The summed E-state index contributed by atoms with van der Waals surface area (Å²) < 4.78 is 5.43. The molecule has 0 radical (unpaired) electrons. The lowest BCUT2D eigenvalue weighted by Crippen LogP contribution is -1.90. The number of aryl methyl sites for hydroxylation is 1. The van der Waals surface area contributed by atoms with Crippen LogP contribution in [0.25, 0.3) is 16.7 Å². The number of hydrogen-bond donors (Lipinski definition) is 0. The largest absolute Gasteiger partial charge is 0.496 e. The average Bonchev–Trinajstić information content (AvgIpc) is 2.48. The fourth-order valence-electron chi connectivity index (χ4n) is 1.97. The molecule has 2 aromatic carbocycles. The molecular weight excluding hydrogens is 256 g/mol. The van der Waals surface area contributed by atoms with E-state index in [9.17, 15) is 0 Å². The van der Waals surface area contributed by atoms with E-state index in [1.54, 1.807) is 7.11 Å². The van der Waals surface area contributed by atoms with E-state index in [1.807, 2.05) is 6.92 Å². The summed E-state index contributed by atoms with van der Waals surface area (Å²) in [6.45, 7) is 12.3. The van der Waals surface area contributed by atoms with Gasteiger partial charge in [-0.1, -0.05) is 68.8 Å². The van der Waals surface area contributed by atoms with Crippen LogP contribution >= 0.6 is 0 Å². The average molecular weight is 282 g/mol. The molecule has 0 aromatic heterocycles. The maximum atomic E-state index is 5.43. The van der Waals surface area contributed by atoms with Crippen molar-refractivity contribution >= 4 is 5.57 Å². The van der Waals surface area contributed by atoms with Crippen LogP contribution in [0, 0.1) is 6.92 Å². The number of hydrogen-bond acceptors (Lipinski definition) is 1. The lowest BCUT2D eigenvalue weighted by Gasteiger charge is -2.11. The molecule has 1 nitrogen and oxygen atoms in total. The lowest BCUT2D eigenvalue weighted by molar-refractivity contribution is 0.413. The monoisotopic (exact) mass is 282 g/mol. The molecule has 21 heavy (non-hydrogen) atoms. The van der Waals surface area contributed by atoms with Crippen molar-refractivity contribution in [3.63, 3.8) is 0 Å². The predicted octanol–water partition coefficient (Wildman–Crippen LogP) is 6.12. The molecule has 0 N–H and O–H groups in total. The molecule has 0 bridgehead atoms. The van der Waals surface area contributed by atoms with Crippen molar-refractivity contribution < 1.29 is 4.74 Å². The lowest BCUT2D eigenvalue weighted by atomic mass is 10.00. The smallest absolute Gasteiger partial charge is 0.126 e. The third-order valence-corrected chi connectivity index (χ3v) is 3.05. The summed E-state index contributed by atoms with van der Waals surface area (Å²) >= 11 is 0. The SMILES string of the molecule is C=C(C)c1ccc(-c2ccc(C)cc2)cc1OC.CCC. The van der Waals surface area contributed by atoms with Crippen LogP contribution in [0.5, 0.6) is 5.75 Å². The zero-order valence-electron chi connectivity index (χ0n) is 13.9.